The molecule has 0 aliphatic carbocycles. The molecule has 0 saturated heterocycles. The van der Waals surface area contributed by atoms with E-state index in [1.54, 1.807) is 6.92 Å². The molecule has 0 bridgehead atoms. The van der Waals surface area contributed by atoms with Crippen LogP contribution in [0.2, 0.25) is 0 Å². The number of aliphatic hydroxyl groups is 1. The third-order valence-corrected chi connectivity index (χ3v) is 1.59. The maximum absolute atomic E-state index is 8.57. The number of benzene rings is 1. The van der Waals surface area contributed by atoms with Gasteiger partial charge in [0.2, 0.25) is 0 Å². The van der Waals surface area contributed by atoms with Crippen molar-refractivity contribution in [1.82, 2.24) is 0 Å². The highest BCUT2D eigenvalue weighted by atomic mass is 16.5. The second kappa shape index (κ2) is 4.91. The predicted molar refractivity (Wildman–Crippen MR) is 47.9 cm³/mol. The van der Waals surface area contributed by atoms with Gasteiger partial charge in [0.05, 0.1) is 20.7 Å². The Hall–Kier alpha value is -0.860. The molecule has 2 heteroatoms. The second-order valence-electron chi connectivity index (χ2n) is 2.49. The van der Waals surface area contributed by atoms with Gasteiger partial charge < -0.3 is 9.84 Å². The SMILES string of the molecule is [2H]C(C)(OCCO)c1ccccc1. The van der Waals surface area contributed by atoms with Crippen LogP contribution in [0.5, 0.6) is 0 Å². The number of hydrogen-bond donors (Lipinski definition) is 1. The van der Waals surface area contributed by atoms with E-state index >= 15 is 0 Å². The van der Waals surface area contributed by atoms with E-state index in [1.165, 1.54) is 0 Å². The Morgan fingerprint density at radius 2 is 2.17 bits per heavy atom. The molecule has 0 fully saturated rings. The first-order valence-electron chi connectivity index (χ1n) is 4.47. The average Bonchev–Trinajstić information content (AvgIpc) is 2.16. The first-order chi connectivity index (χ1) is 6.17. The van der Waals surface area contributed by atoms with Gasteiger partial charge in [-0.25, -0.2) is 0 Å². The minimum atomic E-state index is -1.07. The van der Waals surface area contributed by atoms with Crippen LogP contribution < -0.4 is 0 Å². The van der Waals surface area contributed by atoms with E-state index in [4.69, 9.17) is 11.2 Å². The zero-order valence-corrected chi connectivity index (χ0v) is 7.16. The standard InChI is InChI=1S/C10H14O2/c1-9(12-8-7-11)10-5-3-2-4-6-10/h2-6,9,11H,7-8H2,1H3/i9D. The van der Waals surface area contributed by atoms with Crippen LogP contribution in [0.15, 0.2) is 30.3 Å². The lowest BCUT2D eigenvalue weighted by atomic mass is 10.1. The van der Waals surface area contributed by atoms with Crippen molar-refractivity contribution in [2.24, 2.45) is 0 Å². The van der Waals surface area contributed by atoms with Crippen molar-refractivity contribution < 1.29 is 11.2 Å². The quantitative estimate of drug-likeness (QED) is 0.740. The van der Waals surface area contributed by atoms with Crippen LogP contribution in [0.4, 0.5) is 0 Å². The van der Waals surface area contributed by atoms with Gasteiger partial charge in [-0.15, -0.1) is 0 Å². The third-order valence-electron chi connectivity index (χ3n) is 1.59. The highest BCUT2D eigenvalue weighted by molar-refractivity contribution is 5.16. The van der Waals surface area contributed by atoms with Crippen LogP contribution in [0.1, 0.15) is 19.9 Å². The minimum absolute atomic E-state index is 0.0543. The fourth-order valence-corrected chi connectivity index (χ4v) is 0.955. The van der Waals surface area contributed by atoms with Crippen molar-refractivity contribution in [3.05, 3.63) is 35.9 Å². The summed E-state index contributed by atoms with van der Waals surface area (Å²) in [5, 5.41) is 8.57. The molecule has 1 unspecified atom stereocenters. The summed E-state index contributed by atoms with van der Waals surface area (Å²) in [4.78, 5) is 0. The van der Waals surface area contributed by atoms with Gasteiger partial charge in [0.25, 0.3) is 0 Å². The van der Waals surface area contributed by atoms with Crippen molar-refractivity contribution in [3.63, 3.8) is 0 Å². The molecule has 0 aliphatic heterocycles. The van der Waals surface area contributed by atoms with Crippen LogP contribution in [-0.4, -0.2) is 18.3 Å². The fourth-order valence-electron chi connectivity index (χ4n) is 0.955. The maximum Gasteiger partial charge on any atom is 0.0797 e. The molecule has 1 aromatic rings. The summed E-state index contributed by atoms with van der Waals surface area (Å²) in [7, 11) is 0. The molecule has 12 heavy (non-hydrogen) atoms. The number of rotatable bonds is 4. The van der Waals surface area contributed by atoms with Gasteiger partial charge in [0.15, 0.2) is 0 Å². The number of aliphatic hydroxyl groups excluding tert-OH is 1. The molecular weight excluding hydrogens is 152 g/mol. The summed E-state index contributed by atoms with van der Waals surface area (Å²) < 4.78 is 13.0. The van der Waals surface area contributed by atoms with Crippen LogP contribution in [-0.2, 0) is 4.74 Å². The average molecular weight is 167 g/mol. The summed E-state index contributed by atoms with van der Waals surface area (Å²) in [5.74, 6) is 0. The largest absolute Gasteiger partial charge is 0.394 e. The molecule has 66 valence electrons. The molecule has 2 nitrogen and oxygen atoms in total. The Balaban J connectivity index is 2.69. The van der Waals surface area contributed by atoms with Crippen molar-refractivity contribution in [2.45, 2.75) is 13.0 Å². The second-order valence-corrected chi connectivity index (χ2v) is 2.49. The Labute approximate surface area is 74.2 Å². The van der Waals surface area contributed by atoms with E-state index in [0.717, 1.165) is 5.56 Å². The molecule has 0 amide bonds. The van der Waals surface area contributed by atoms with Crippen LogP contribution in [0.25, 0.3) is 0 Å². The molecule has 0 spiro atoms. The molecule has 0 saturated carbocycles. The van der Waals surface area contributed by atoms with Gasteiger partial charge in [-0.3, -0.25) is 0 Å². The Morgan fingerprint density at radius 3 is 2.75 bits per heavy atom. The van der Waals surface area contributed by atoms with Crippen molar-refractivity contribution in [3.8, 4) is 0 Å². The first kappa shape index (κ1) is 7.77. The van der Waals surface area contributed by atoms with Crippen LogP contribution in [0, 0.1) is 0 Å². The summed E-state index contributed by atoms with van der Waals surface area (Å²) in [5.41, 5.74) is 0.795. The predicted octanol–water partition coefficient (Wildman–Crippen LogP) is 1.76. The zero-order chi connectivity index (χ0) is 9.73. The summed E-state index contributed by atoms with van der Waals surface area (Å²) in [6, 6.07) is 9.30. The van der Waals surface area contributed by atoms with Crippen molar-refractivity contribution >= 4 is 0 Å². The van der Waals surface area contributed by atoms with Crippen LogP contribution >= 0.6 is 0 Å². The normalized spacial score (nSPS) is 16.7. The lowest BCUT2D eigenvalue weighted by Gasteiger charge is -2.11. The minimum Gasteiger partial charge on any atom is -0.394 e. The van der Waals surface area contributed by atoms with Gasteiger partial charge >= 0.3 is 0 Å². The fraction of sp³-hybridized carbons (Fsp3) is 0.400. The van der Waals surface area contributed by atoms with E-state index < -0.39 is 6.08 Å². The summed E-state index contributed by atoms with van der Waals surface area (Å²) in [6.07, 6.45) is -1.07. The monoisotopic (exact) mass is 167 g/mol. The number of ether oxygens (including phenoxy) is 1. The van der Waals surface area contributed by atoms with Gasteiger partial charge in [0.1, 0.15) is 0 Å². The number of hydrogen-bond acceptors (Lipinski definition) is 2. The summed E-state index contributed by atoms with van der Waals surface area (Å²) in [6.45, 7) is 1.80. The molecular formula is C10H14O2. The highest BCUT2D eigenvalue weighted by Crippen LogP contribution is 2.14. The molecule has 0 radical (unpaired) electrons. The maximum atomic E-state index is 8.57. The lowest BCUT2D eigenvalue weighted by molar-refractivity contribution is 0.0385. The molecule has 1 aromatic carbocycles. The van der Waals surface area contributed by atoms with Gasteiger partial charge in [-0.2, -0.15) is 0 Å². The van der Waals surface area contributed by atoms with E-state index in [0.29, 0.717) is 0 Å². The third kappa shape index (κ3) is 2.64. The molecule has 1 rings (SSSR count). The van der Waals surface area contributed by atoms with E-state index in [1.807, 2.05) is 30.3 Å². The smallest absolute Gasteiger partial charge is 0.0797 e. The molecule has 0 aliphatic rings. The molecule has 0 heterocycles. The Kier molecular flexibility index (Phi) is 3.18. The van der Waals surface area contributed by atoms with Gasteiger partial charge in [-0.05, 0) is 12.5 Å². The molecule has 1 N–H and O–H groups in total. The topological polar surface area (TPSA) is 29.5 Å². The van der Waals surface area contributed by atoms with Crippen molar-refractivity contribution in [2.75, 3.05) is 13.2 Å². The zero-order valence-electron chi connectivity index (χ0n) is 8.16. The first-order valence-corrected chi connectivity index (χ1v) is 3.97. The van der Waals surface area contributed by atoms with Crippen molar-refractivity contribution in [1.29, 1.82) is 0 Å². The van der Waals surface area contributed by atoms with Gasteiger partial charge in [0, 0.05) is 0 Å². The summed E-state index contributed by atoms with van der Waals surface area (Å²) >= 11 is 0. The van der Waals surface area contributed by atoms with E-state index in [-0.39, 0.29) is 13.2 Å². The molecule has 1 atom stereocenters. The lowest BCUT2D eigenvalue weighted by Crippen LogP contribution is -2.04. The molecule has 0 aromatic heterocycles. The Morgan fingerprint density at radius 1 is 1.50 bits per heavy atom. The van der Waals surface area contributed by atoms with E-state index in [2.05, 4.69) is 0 Å². The highest BCUT2D eigenvalue weighted by Gasteiger charge is 2.02. The Bertz CT molecular complexity index is 246. The van der Waals surface area contributed by atoms with Gasteiger partial charge in [-0.1, -0.05) is 30.3 Å². The van der Waals surface area contributed by atoms with E-state index in [9.17, 15) is 0 Å². The van der Waals surface area contributed by atoms with Crippen LogP contribution in [0.3, 0.4) is 0 Å².